The number of rotatable bonds is 4. The van der Waals surface area contributed by atoms with Crippen molar-refractivity contribution in [2.24, 2.45) is 0 Å². The number of carbonyl (C=O) groups is 1. The highest BCUT2D eigenvalue weighted by molar-refractivity contribution is 7.92. The molecule has 0 atom stereocenters. The summed E-state index contributed by atoms with van der Waals surface area (Å²) in [6, 6.07) is 11.8. The van der Waals surface area contributed by atoms with Crippen molar-refractivity contribution in [3.63, 3.8) is 0 Å². The van der Waals surface area contributed by atoms with Crippen molar-refractivity contribution in [3.8, 4) is 0 Å². The van der Waals surface area contributed by atoms with E-state index in [9.17, 15) is 13.2 Å². The average molecular weight is 315 g/mol. The van der Waals surface area contributed by atoms with Crippen molar-refractivity contribution < 1.29 is 18.2 Å². The molecule has 3 rings (SSSR count). The molecule has 1 aliphatic rings. The third-order valence-electron chi connectivity index (χ3n) is 3.49. The van der Waals surface area contributed by atoms with Gasteiger partial charge in [0.2, 0.25) is 5.36 Å². The minimum absolute atomic E-state index is 0.124. The summed E-state index contributed by atoms with van der Waals surface area (Å²) in [7, 11) is -3.68. The molecule has 0 radical (unpaired) electrons. The van der Waals surface area contributed by atoms with Gasteiger partial charge in [-0.1, -0.05) is 19.1 Å². The van der Waals surface area contributed by atoms with E-state index in [2.05, 4.69) is 9.71 Å². The van der Waals surface area contributed by atoms with Crippen LogP contribution in [0.15, 0.2) is 47.4 Å². The molecule has 1 heterocycles. The van der Waals surface area contributed by atoms with Crippen LogP contribution in [0.2, 0.25) is 0 Å². The molecule has 22 heavy (non-hydrogen) atoms. The van der Waals surface area contributed by atoms with Gasteiger partial charge in [0.25, 0.3) is 10.0 Å². The van der Waals surface area contributed by atoms with Gasteiger partial charge in [0, 0.05) is 11.8 Å². The molecule has 0 saturated carbocycles. The van der Waals surface area contributed by atoms with Gasteiger partial charge in [-0.15, -0.1) is 0 Å². The van der Waals surface area contributed by atoms with Crippen molar-refractivity contribution in [3.05, 3.63) is 58.6 Å². The average Bonchev–Trinajstić information content (AvgIpc) is 2.86. The minimum Gasteiger partial charge on any atom is -0.280 e. The van der Waals surface area contributed by atoms with E-state index in [-0.39, 0.29) is 10.8 Å². The fourth-order valence-corrected chi connectivity index (χ4v) is 3.37. The summed E-state index contributed by atoms with van der Waals surface area (Å²) in [5.41, 5.74) is 1.65. The predicted molar refractivity (Wildman–Crippen MR) is 81.9 cm³/mol. The van der Waals surface area contributed by atoms with E-state index in [4.69, 9.17) is 0 Å². The molecule has 1 aliphatic heterocycles. The van der Waals surface area contributed by atoms with E-state index in [0.29, 0.717) is 16.3 Å². The zero-order valence-electron chi connectivity index (χ0n) is 12.0. The quantitative estimate of drug-likeness (QED) is 0.765. The maximum absolute atomic E-state index is 12.4. The van der Waals surface area contributed by atoms with Crippen LogP contribution < -0.4 is 20.3 Å². The van der Waals surface area contributed by atoms with Gasteiger partial charge in [-0.2, -0.15) is 4.99 Å². The molecule has 6 heteroatoms. The lowest BCUT2D eigenvalue weighted by Crippen LogP contribution is -2.79. The number of sulfonamides is 1. The summed E-state index contributed by atoms with van der Waals surface area (Å²) in [5.74, 6) is -0.243. The van der Waals surface area contributed by atoms with Gasteiger partial charge in [0.05, 0.1) is 16.2 Å². The second-order valence-corrected chi connectivity index (χ2v) is 6.72. The van der Waals surface area contributed by atoms with Crippen LogP contribution in [-0.2, 0) is 21.2 Å². The number of benzene rings is 2. The molecule has 5 nitrogen and oxygen atoms in total. The summed E-state index contributed by atoms with van der Waals surface area (Å²) in [6.45, 7) is 2.04. The predicted octanol–water partition coefficient (Wildman–Crippen LogP) is -0.929. The summed E-state index contributed by atoms with van der Waals surface area (Å²) in [4.78, 5) is 14.0. The highest BCUT2D eigenvalue weighted by atomic mass is 32.2. The lowest BCUT2D eigenvalue weighted by atomic mass is 10.2. The molecule has 2 N–H and O–H groups in total. The standard InChI is InChI=1S/C16H14N2O3S/c1-2-11-3-5-13(6-4-11)18-22(20,21)14-7-8-15-12(9-14)10-16(19)17-15/h3-10,18H,2H2,1H3/p+1. The first-order chi connectivity index (χ1) is 10.5. The summed E-state index contributed by atoms with van der Waals surface area (Å²) in [5, 5.41) is 1.20. The number of anilines is 1. The maximum Gasteiger partial charge on any atom is 0.411 e. The van der Waals surface area contributed by atoms with Crippen LogP contribution in [0.4, 0.5) is 5.69 Å². The summed E-state index contributed by atoms with van der Waals surface area (Å²) >= 11 is 0. The Morgan fingerprint density at radius 1 is 1.09 bits per heavy atom. The Kier molecular flexibility index (Phi) is 3.54. The van der Waals surface area contributed by atoms with Gasteiger partial charge in [-0.25, -0.2) is 13.2 Å². The second kappa shape index (κ2) is 5.38. The SMILES string of the molecule is CCc1ccc(NS(=O)(=O)c2ccc3c(c2)=CC(=O)[NH+]=3)cc1. The topological polar surface area (TPSA) is 77.2 Å². The van der Waals surface area contributed by atoms with Gasteiger partial charge in [-0.05, 0) is 36.2 Å². The third kappa shape index (κ3) is 2.78. The molecule has 1 amide bonds. The Bertz CT molecular complexity index is 961. The zero-order chi connectivity index (χ0) is 15.7. The molecule has 2 aromatic carbocycles. The Hall–Kier alpha value is -2.47. The van der Waals surface area contributed by atoms with Crippen molar-refractivity contribution in [1.29, 1.82) is 0 Å². The smallest absolute Gasteiger partial charge is 0.280 e. The molecule has 0 aliphatic carbocycles. The molecule has 2 aromatic rings. The third-order valence-corrected chi connectivity index (χ3v) is 4.87. The van der Waals surface area contributed by atoms with Gasteiger partial charge < -0.3 is 0 Å². The highest BCUT2D eigenvalue weighted by Gasteiger charge is 2.18. The number of amides is 1. The Morgan fingerprint density at radius 2 is 1.82 bits per heavy atom. The number of hydrogen-bond donors (Lipinski definition) is 2. The van der Waals surface area contributed by atoms with Crippen molar-refractivity contribution >= 4 is 27.7 Å². The molecule has 0 aromatic heterocycles. The molecule has 0 spiro atoms. The first-order valence-electron chi connectivity index (χ1n) is 6.89. The van der Waals surface area contributed by atoms with Gasteiger partial charge in [0.15, 0.2) is 0 Å². The van der Waals surface area contributed by atoms with E-state index in [1.165, 1.54) is 18.2 Å². The number of aryl methyl sites for hydroxylation is 1. The van der Waals surface area contributed by atoms with Gasteiger partial charge in [-0.3, -0.25) is 4.72 Å². The summed E-state index contributed by atoms with van der Waals surface area (Å²) < 4.78 is 27.4. The van der Waals surface area contributed by atoms with E-state index in [1.54, 1.807) is 18.2 Å². The molecule has 0 bridgehead atoms. The fraction of sp³-hybridized carbons (Fsp3) is 0.125. The second-order valence-electron chi connectivity index (χ2n) is 5.04. The first-order valence-corrected chi connectivity index (χ1v) is 8.38. The molecule has 0 fully saturated rings. The molecule has 112 valence electrons. The van der Waals surface area contributed by atoms with Crippen LogP contribution in [0, 0.1) is 0 Å². The van der Waals surface area contributed by atoms with Crippen LogP contribution >= 0.6 is 0 Å². The zero-order valence-corrected chi connectivity index (χ0v) is 12.8. The number of nitrogens with one attached hydrogen (secondary N) is 2. The van der Waals surface area contributed by atoms with Crippen LogP contribution in [0.25, 0.3) is 6.08 Å². The normalized spacial score (nSPS) is 13.2. The lowest BCUT2D eigenvalue weighted by molar-refractivity contribution is -0.406. The Labute approximate surface area is 128 Å². The number of carbonyl (C=O) groups excluding carboxylic acids is 1. The molecule has 0 saturated heterocycles. The molecule has 0 unspecified atom stereocenters. The maximum atomic E-state index is 12.4. The monoisotopic (exact) mass is 315 g/mol. The van der Waals surface area contributed by atoms with Crippen molar-refractivity contribution in [2.45, 2.75) is 18.2 Å². The van der Waals surface area contributed by atoms with E-state index < -0.39 is 10.0 Å². The minimum atomic E-state index is -3.68. The van der Waals surface area contributed by atoms with Crippen LogP contribution in [-0.4, -0.2) is 14.3 Å². The molecular weight excluding hydrogens is 300 g/mol. The van der Waals surface area contributed by atoms with Crippen LogP contribution in [0.1, 0.15) is 12.5 Å². The van der Waals surface area contributed by atoms with Gasteiger partial charge >= 0.3 is 5.91 Å². The van der Waals surface area contributed by atoms with E-state index >= 15 is 0 Å². The Balaban J connectivity index is 1.94. The van der Waals surface area contributed by atoms with Crippen molar-refractivity contribution in [2.75, 3.05) is 4.72 Å². The van der Waals surface area contributed by atoms with E-state index in [0.717, 1.165) is 12.0 Å². The number of fused-ring (bicyclic) bond motifs is 1. The van der Waals surface area contributed by atoms with Crippen LogP contribution in [0.3, 0.4) is 0 Å². The molecular formula is C16H15N2O3S+. The largest absolute Gasteiger partial charge is 0.411 e. The highest BCUT2D eigenvalue weighted by Crippen LogP contribution is 2.15. The van der Waals surface area contributed by atoms with Crippen molar-refractivity contribution in [1.82, 2.24) is 0 Å². The van der Waals surface area contributed by atoms with Crippen LogP contribution in [0.5, 0.6) is 0 Å². The summed E-state index contributed by atoms with van der Waals surface area (Å²) in [6.07, 6.45) is 2.28. The fourth-order valence-electron chi connectivity index (χ4n) is 2.27. The lowest BCUT2D eigenvalue weighted by Gasteiger charge is -2.08. The van der Waals surface area contributed by atoms with E-state index in [1.807, 2.05) is 19.1 Å². The number of hydrogen-bond acceptors (Lipinski definition) is 3. The first kappa shape index (κ1) is 14.5. The van der Waals surface area contributed by atoms with Gasteiger partial charge in [0.1, 0.15) is 0 Å². The Morgan fingerprint density at radius 3 is 2.50 bits per heavy atom.